The molecule has 0 unspecified atom stereocenters. The van der Waals surface area contributed by atoms with E-state index in [0.717, 1.165) is 6.42 Å². The van der Waals surface area contributed by atoms with Crippen molar-refractivity contribution in [2.75, 3.05) is 0 Å². The van der Waals surface area contributed by atoms with Gasteiger partial charge in [-0.25, -0.2) is 0 Å². The molecule has 50 valence electrons. The summed E-state index contributed by atoms with van der Waals surface area (Å²) in [5.74, 6) is 0. The van der Waals surface area contributed by atoms with Crippen LogP contribution in [-0.2, 0) is 19.4 Å². The van der Waals surface area contributed by atoms with E-state index in [1.165, 1.54) is 28.8 Å². The Hall–Kier alpha value is 0.0383. The van der Waals surface area contributed by atoms with E-state index in [2.05, 4.69) is 32.6 Å². The van der Waals surface area contributed by atoms with Crippen LogP contribution in [0.2, 0.25) is 0 Å². The SMILES string of the molecule is C=C(C=C[C](C)=[W])CC. The molecule has 0 spiro atoms. The van der Waals surface area contributed by atoms with Crippen LogP contribution in [0.4, 0.5) is 0 Å². The van der Waals surface area contributed by atoms with Crippen molar-refractivity contribution in [1.29, 1.82) is 0 Å². The van der Waals surface area contributed by atoms with Crippen LogP contribution >= 0.6 is 0 Å². The van der Waals surface area contributed by atoms with Gasteiger partial charge in [-0.05, 0) is 0 Å². The van der Waals surface area contributed by atoms with Gasteiger partial charge in [0.15, 0.2) is 0 Å². The van der Waals surface area contributed by atoms with Gasteiger partial charge in [-0.2, -0.15) is 0 Å². The maximum absolute atomic E-state index is 3.85. The fourth-order valence-corrected chi connectivity index (χ4v) is 0.598. The first kappa shape index (κ1) is 9.04. The van der Waals surface area contributed by atoms with Crippen LogP contribution in [-0.4, -0.2) is 3.90 Å². The van der Waals surface area contributed by atoms with E-state index in [-0.39, 0.29) is 0 Å². The van der Waals surface area contributed by atoms with Gasteiger partial charge < -0.3 is 0 Å². The molecule has 0 bridgehead atoms. The molecule has 0 nitrogen and oxygen atoms in total. The zero-order valence-corrected chi connectivity index (χ0v) is 8.91. The summed E-state index contributed by atoms with van der Waals surface area (Å²) in [6, 6.07) is 0. The van der Waals surface area contributed by atoms with Gasteiger partial charge in [0.05, 0.1) is 0 Å². The predicted molar refractivity (Wildman–Crippen MR) is 39.3 cm³/mol. The van der Waals surface area contributed by atoms with E-state index in [9.17, 15) is 0 Å². The fourth-order valence-electron chi connectivity index (χ4n) is 0.353. The number of allylic oxidation sites excluding steroid dienone is 3. The van der Waals surface area contributed by atoms with Crippen LogP contribution in [0.25, 0.3) is 0 Å². The van der Waals surface area contributed by atoms with E-state index in [1.54, 1.807) is 0 Å². The summed E-state index contributed by atoms with van der Waals surface area (Å²) in [6.45, 7) is 8.09. The van der Waals surface area contributed by atoms with Crippen molar-refractivity contribution in [2.24, 2.45) is 0 Å². The first-order valence-corrected chi connectivity index (χ1v) is 4.50. The minimum absolute atomic E-state index is 1.05. The zero-order valence-electron chi connectivity index (χ0n) is 5.98. The van der Waals surface area contributed by atoms with E-state index >= 15 is 0 Å². The molecule has 0 saturated heterocycles. The normalized spacial score (nSPS) is 10.0. The van der Waals surface area contributed by atoms with Gasteiger partial charge in [0.2, 0.25) is 0 Å². The third-order valence-electron chi connectivity index (χ3n) is 1.01. The molecule has 0 saturated carbocycles. The Morgan fingerprint density at radius 1 is 1.56 bits per heavy atom. The van der Waals surface area contributed by atoms with Gasteiger partial charge in [0, 0.05) is 0 Å². The van der Waals surface area contributed by atoms with Crippen LogP contribution in [0.5, 0.6) is 0 Å². The second-order valence-electron chi connectivity index (χ2n) is 1.96. The Balaban J connectivity index is 3.71. The van der Waals surface area contributed by atoms with Gasteiger partial charge in [-0.15, -0.1) is 0 Å². The topological polar surface area (TPSA) is 0 Å². The van der Waals surface area contributed by atoms with Gasteiger partial charge in [0.1, 0.15) is 0 Å². The molecule has 0 aromatic rings. The van der Waals surface area contributed by atoms with E-state index < -0.39 is 0 Å². The fraction of sp³-hybridized carbons (Fsp3) is 0.375. The number of hydrogen-bond donors (Lipinski definition) is 0. The quantitative estimate of drug-likeness (QED) is 0.700. The average Bonchev–Trinajstić information content (AvgIpc) is 1.83. The van der Waals surface area contributed by atoms with Gasteiger partial charge >= 0.3 is 67.8 Å². The summed E-state index contributed by atoms with van der Waals surface area (Å²) >= 11 is 1.53. The van der Waals surface area contributed by atoms with Crippen molar-refractivity contribution in [3.63, 3.8) is 0 Å². The van der Waals surface area contributed by atoms with Crippen LogP contribution in [0.15, 0.2) is 24.3 Å². The molecule has 0 aliphatic carbocycles. The Labute approximate surface area is 68.1 Å². The van der Waals surface area contributed by atoms with Gasteiger partial charge in [-0.1, -0.05) is 0 Å². The summed E-state index contributed by atoms with van der Waals surface area (Å²) in [4.78, 5) is 0. The molecule has 0 aromatic carbocycles. The van der Waals surface area contributed by atoms with E-state index in [4.69, 9.17) is 0 Å². The number of hydrogen-bond acceptors (Lipinski definition) is 0. The molecule has 0 aromatic heterocycles. The monoisotopic (exact) mass is 292 g/mol. The first-order valence-electron chi connectivity index (χ1n) is 3.03. The summed E-state index contributed by atoms with van der Waals surface area (Å²) in [7, 11) is 0. The second kappa shape index (κ2) is 4.87. The molecule has 0 atom stereocenters. The van der Waals surface area contributed by atoms with Crippen LogP contribution in [0.1, 0.15) is 20.3 Å². The molecule has 9 heavy (non-hydrogen) atoms. The van der Waals surface area contributed by atoms with E-state index in [1.807, 2.05) is 0 Å². The molecule has 0 rings (SSSR count). The van der Waals surface area contributed by atoms with Crippen molar-refractivity contribution < 1.29 is 19.4 Å². The minimum atomic E-state index is 1.05. The third kappa shape index (κ3) is 5.92. The van der Waals surface area contributed by atoms with Crippen molar-refractivity contribution >= 4 is 3.90 Å². The van der Waals surface area contributed by atoms with Crippen LogP contribution in [0, 0.1) is 0 Å². The molecular formula is C8H12W. The second-order valence-corrected chi connectivity index (χ2v) is 4.27. The Kier molecular flexibility index (Phi) is 4.90. The Morgan fingerprint density at radius 2 is 2.11 bits per heavy atom. The molecule has 0 aliphatic rings. The van der Waals surface area contributed by atoms with Gasteiger partial charge in [-0.3, -0.25) is 0 Å². The van der Waals surface area contributed by atoms with Crippen LogP contribution in [0.3, 0.4) is 0 Å². The molecule has 0 aliphatic heterocycles. The van der Waals surface area contributed by atoms with Crippen LogP contribution < -0.4 is 0 Å². The summed E-state index contributed by atoms with van der Waals surface area (Å²) in [5.41, 5.74) is 1.20. The summed E-state index contributed by atoms with van der Waals surface area (Å²) in [5, 5.41) is 0. The molecule has 0 N–H and O–H groups in total. The van der Waals surface area contributed by atoms with Crippen molar-refractivity contribution in [2.45, 2.75) is 20.3 Å². The molecule has 0 heterocycles. The number of rotatable bonds is 3. The standard InChI is InChI=1S/C8H12.W/c1-4-6-7-8(3)5-2;/h6-7H,3,5H2,1-2H3;. The molecule has 1 heteroatoms. The maximum atomic E-state index is 3.85. The van der Waals surface area contributed by atoms with Gasteiger partial charge in [0.25, 0.3) is 0 Å². The summed E-state index contributed by atoms with van der Waals surface area (Å²) in [6.07, 6.45) is 5.27. The van der Waals surface area contributed by atoms with Crippen molar-refractivity contribution in [3.8, 4) is 0 Å². The average molecular weight is 292 g/mol. The third-order valence-corrected chi connectivity index (χ3v) is 1.50. The Morgan fingerprint density at radius 3 is 2.44 bits per heavy atom. The van der Waals surface area contributed by atoms with E-state index in [0.29, 0.717) is 0 Å². The van der Waals surface area contributed by atoms with Crippen molar-refractivity contribution in [3.05, 3.63) is 24.3 Å². The zero-order chi connectivity index (χ0) is 7.28. The predicted octanol–water partition coefficient (Wildman–Crippen LogP) is 2.25. The summed E-state index contributed by atoms with van der Waals surface area (Å²) < 4.78 is 1.41. The first-order chi connectivity index (χ1) is 4.16. The molecular weight excluding hydrogens is 280 g/mol. The van der Waals surface area contributed by atoms with Crippen molar-refractivity contribution in [1.82, 2.24) is 0 Å². The molecule has 0 amide bonds. The molecule has 0 fully saturated rings. The molecule has 0 radical (unpaired) electrons. The Bertz CT molecular complexity index is 143.